The molecule has 1 atom stereocenters. The summed E-state index contributed by atoms with van der Waals surface area (Å²) in [6, 6.07) is 10.3. The molecule has 112 valence electrons. The van der Waals surface area contributed by atoms with Crippen LogP contribution in [-0.2, 0) is 7.05 Å². The Bertz CT molecular complexity index is 715. The lowest BCUT2D eigenvalue weighted by molar-refractivity contribution is 0.229. The third-order valence-electron chi connectivity index (χ3n) is 4.72. The first-order valence-electron chi connectivity index (χ1n) is 7.82. The number of nitrogens with zero attached hydrogens (tertiary/aromatic N) is 1. The van der Waals surface area contributed by atoms with Gasteiger partial charge in [-0.25, -0.2) is 0 Å². The molecule has 1 unspecified atom stereocenters. The van der Waals surface area contributed by atoms with Crippen LogP contribution in [-0.4, -0.2) is 10.6 Å². The number of pyridine rings is 1. The smallest absolute Gasteiger partial charge is 0.252 e. The highest BCUT2D eigenvalue weighted by molar-refractivity contribution is 5.91. The summed E-state index contributed by atoms with van der Waals surface area (Å²) in [6.45, 7) is 4.67. The molecule has 0 saturated heterocycles. The van der Waals surface area contributed by atoms with Crippen LogP contribution in [0, 0.1) is 5.41 Å². The molecule has 0 radical (unpaired) electrons. The summed E-state index contributed by atoms with van der Waals surface area (Å²) in [4.78, 5) is 12.1. The molecular weight excluding hydrogens is 260 g/mol. The zero-order chi connectivity index (χ0) is 15.0. The Morgan fingerprint density at radius 3 is 2.81 bits per heavy atom. The average Bonchev–Trinajstić information content (AvgIpc) is 2.43. The number of rotatable bonds is 2. The van der Waals surface area contributed by atoms with E-state index < -0.39 is 0 Å². The number of anilines is 1. The number of aryl methyl sites for hydroxylation is 1. The van der Waals surface area contributed by atoms with E-state index in [9.17, 15) is 4.79 Å². The standard InChI is InChI=1S/C18H24N2O/c1-18(2)10-6-7-13(12-18)19-15-11-17(21)20(3)16-9-5-4-8-14(15)16/h4-5,8-9,11,13,19H,6-7,10,12H2,1-3H3. The predicted octanol–water partition coefficient (Wildman–Crippen LogP) is 3.92. The van der Waals surface area contributed by atoms with E-state index in [2.05, 4.69) is 25.2 Å². The van der Waals surface area contributed by atoms with Crippen LogP contribution in [0.3, 0.4) is 0 Å². The second-order valence-electron chi connectivity index (χ2n) is 7.07. The molecule has 1 aliphatic rings. The number of para-hydroxylation sites is 1. The summed E-state index contributed by atoms with van der Waals surface area (Å²) in [6.07, 6.45) is 4.90. The Morgan fingerprint density at radius 2 is 2.05 bits per heavy atom. The monoisotopic (exact) mass is 284 g/mol. The predicted molar refractivity (Wildman–Crippen MR) is 88.8 cm³/mol. The normalized spacial score (nSPS) is 21.4. The molecule has 1 aromatic heterocycles. The first kappa shape index (κ1) is 14.2. The minimum atomic E-state index is 0.0475. The van der Waals surface area contributed by atoms with Crippen molar-refractivity contribution in [1.82, 2.24) is 4.57 Å². The lowest BCUT2D eigenvalue weighted by Gasteiger charge is -2.36. The molecule has 1 heterocycles. The zero-order valence-electron chi connectivity index (χ0n) is 13.1. The summed E-state index contributed by atoms with van der Waals surface area (Å²) in [5.74, 6) is 0. The highest BCUT2D eigenvalue weighted by atomic mass is 16.1. The Kier molecular flexibility index (Phi) is 3.52. The fourth-order valence-corrected chi connectivity index (χ4v) is 3.57. The van der Waals surface area contributed by atoms with Gasteiger partial charge in [0.2, 0.25) is 0 Å². The topological polar surface area (TPSA) is 34.0 Å². The summed E-state index contributed by atoms with van der Waals surface area (Å²) < 4.78 is 1.71. The zero-order valence-corrected chi connectivity index (χ0v) is 13.1. The number of nitrogens with one attached hydrogen (secondary N) is 1. The van der Waals surface area contributed by atoms with E-state index in [1.807, 2.05) is 25.2 Å². The maximum absolute atomic E-state index is 12.1. The average molecular weight is 284 g/mol. The van der Waals surface area contributed by atoms with Crippen LogP contribution in [0.4, 0.5) is 5.69 Å². The summed E-state index contributed by atoms with van der Waals surface area (Å²) in [5, 5.41) is 4.76. The second kappa shape index (κ2) is 5.21. The van der Waals surface area contributed by atoms with Gasteiger partial charge in [-0.1, -0.05) is 38.5 Å². The van der Waals surface area contributed by atoms with Crippen LogP contribution in [0.25, 0.3) is 10.9 Å². The van der Waals surface area contributed by atoms with Crippen molar-refractivity contribution >= 4 is 16.6 Å². The molecule has 0 bridgehead atoms. The fraction of sp³-hybridized carbons (Fsp3) is 0.500. The van der Waals surface area contributed by atoms with E-state index in [0.29, 0.717) is 11.5 Å². The Morgan fingerprint density at radius 1 is 1.29 bits per heavy atom. The summed E-state index contributed by atoms with van der Waals surface area (Å²) in [5.41, 5.74) is 2.41. The van der Waals surface area contributed by atoms with Gasteiger partial charge in [0.05, 0.1) is 5.52 Å². The Balaban J connectivity index is 1.98. The minimum absolute atomic E-state index is 0.0475. The van der Waals surface area contributed by atoms with Crippen molar-refractivity contribution < 1.29 is 0 Å². The van der Waals surface area contributed by atoms with Gasteiger partial charge in [0.25, 0.3) is 5.56 Å². The van der Waals surface area contributed by atoms with Gasteiger partial charge < -0.3 is 9.88 Å². The van der Waals surface area contributed by atoms with Crippen LogP contribution in [0.1, 0.15) is 39.5 Å². The van der Waals surface area contributed by atoms with Crippen molar-refractivity contribution in [2.24, 2.45) is 12.5 Å². The maximum Gasteiger partial charge on any atom is 0.252 e. The molecular formula is C18H24N2O. The van der Waals surface area contributed by atoms with Crippen LogP contribution < -0.4 is 10.9 Å². The van der Waals surface area contributed by atoms with E-state index in [1.165, 1.54) is 19.3 Å². The van der Waals surface area contributed by atoms with Crippen molar-refractivity contribution in [2.75, 3.05) is 5.32 Å². The molecule has 3 heteroatoms. The number of benzene rings is 1. The number of hydrogen-bond acceptors (Lipinski definition) is 2. The van der Waals surface area contributed by atoms with Crippen LogP contribution >= 0.6 is 0 Å². The Labute approximate surface area is 126 Å². The van der Waals surface area contributed by atoms with Crippen molar-refractivity contribution in [3.8, 4) is 0 Å². The number of aromatic nitrogens is 1. The van der Waals surface area contributed by atoms with Gasteiger partial charge in [-0.15, -0.1) is 0 Å². The summed E-state index contributed by atoms with van der Waals surface area (Å²) in [7, 11) is 1.83. The van der Waals surface area contributed by atoms with Gasteiger partial charge in [0.1, 0.15) is 0 Å². The SMILES string of the molecule is Cn1c(=O)cc(NC2CCCC(C)(C)C2)c2ccccc21. The minimum Gasteiger partial charge on any atom is -0.382 e. The molecule has 0 spiro atoms. The highest BCUT2D eigenvalue weighted by Crippen LogP contribution is 2.36. The van der Waals surface area contributed by atoms with Gasteiger partial charge in [0, 0.05) is 30.2 Å². The molecule has 1 aromatic carbocycles. The molecule has 3 nitrogen and oxygen atoms in total. The molecule has 21 heavy (non-hydrogen) atoms. The first-order chi connectivity index (χ1) is 9.96. The lowest BCUT2D eigenvalue weighted by Crippen LogP contribution is -2.32. The van der Waals surface area contributed by atoms with Crippen molar-refractivity contribution in [2.45, 2.75) is 45.6 Å². The quantitative estimate of drug-likeness (QED) is 0.907. The first-order valence-corrected chi connectivity index (χ1v) is 7.82. The van der Waals surface area contributed by atoms with Crippen molar-refractivity contribution in [3.63, 3.8) is 0 Å². The molecule has 1 aliphatic carbocycles. The van der Waals surface area contributed by atoms with Gasteiger partial charge in [0.15, 0.2) is 0 Å². The second-order valence-corrected chi connectivity index (χ2v) is 7.07. The van der Waals surface area contributed by atoms with Gasteiger partial charge in [-0.2, -0.15) is 0 Å². The van der Waals surface area contributed by atoms with E-state index in [1.54, 1.807) is 10.6 Å². The molecule has 2 aromatic rings. The molecule has 0 aliphatic heterocycles. The van der Waals surface area contributed by atoms with Gasteiger partial charge in [-0.3, -0.25) is 4.79 Å². The van der Waals surface area contributed by atoms with E-state index in [4.69, 9.17) is 0 Å². The third kappa shape index (κ3) is 2.82. The van der Waals surface area contributed by atoms with E-state index in [0.717, 1.165) is 23.0 Å². The van der Waals surface area contributed by atoms with E-state index >= 15 is 0 Å². The highest BCUT2D eigenvalue weighted by Gasteiger charge is 2.28. The van der Waals surface area contributed by atoms with Crippen LogP contribution in [0.5, 0.6) is 0 Å². The number of fused-ring (bicyclic) bond motifs is 1. The van der Waals surface area contributed by atoms with Crippen molar-refractivity contribution in [3.05, 3.63) is 40.7 Å². The van der Waals surface area contributed by atoms with Gasteiger partial charge >= 0.3 is 0 Å². The van der Waals surface area contributed by atoms with Crippen molar-refractivity contribution in [1.29, 1.82) is 0 Å². The molecule has 0 amide bonds. The number of hydrogen-bond donors (Lipinski definition) is 1. The van der Waals surface area contributed by atoms with E-state index in [-0.39, 0.29) is 5.56 Å². The largest absolute Gasteiger partial charge is 0.382 e. The van der Waals surface area contributed by atoms with Gasteiger partial charge in [-0.05, 0) is 30.7 Å². The van der Waals surface area contributed by atoms with Crippen LogP contribution in [0.15, 0.2) is 35.1 Å². The molecule has 1 N–H and O–H groups in total. The summed E-state index contributed by atoms with van der Waals surface area (Å²) >= 11 is 0. The molecule has 3 rings (SSSR count). The molecule has 1 fully saturated rings. The maximum atomic E-state index is 12.1. The molecule has 1 saturated carbocycles. The third-order valence-corrected chi connectivity index (χ3v) is 4.72. The lowest BCUT2D eigenvalue weighted by atomic mass is 9.75. The van der Waals surface area contributed by atoms with Crippen LogP contribution in [0.2, 0.25) is 0 Å². The fourth-order valence-electron chi connectivity index (χ4n) is 3.57. The Hall–Kier alpha value is -1.77.